The number of amides is 2. The molecular weight excluding hydrogens is 316 g/mol. The number of nitrogens with two attached hydrogens (primary N) is 1. The first kappa shape index (κ1) is 15.4. The van der Waals surface area contributed by atoms with Crippen molar-refractivity contribution in [3.8, 4) is 0 Å². The molecule has 3 rings (SSSR count). The number of hydrogen-bond acceptors (Lipinski definition) is 4. The highest BCUT2D eigenvalue weighted by molar-refractivity contribution is 7.89. The molecule has 0 atom stereocenters. The Labute approximate surface area is 133 Å². The molecule has 2 aromatic carbocycles. The number of carbonyl (C=O) groups excluding carboxylic acids is 2. The molecule has 2 N–H and O–H groups in total. The van der Waals surface area contributed by atoms with Crippen LogP contribution in [0.2, 0.25) is 0 Å². The summed E-state index contributed by atoms with van der Waals surface area (Å²) in [5.74, 6) is -0.794. The van der Waals surface area contributed by atoms with Crippen molar-refractivity contribution >= 4 is 21.8 Å². The van der Waals surface area contributed by atoms with Gasteiger partial charge in [0.1, 0.15) is 0 Å². The summed E-state index contributed by atoms with van der Waals surface area (Å²) in [5.41, 5.74) is 1.34. The minimum Gasteiger partial charge on any atom is -0.274 e. The molecule has 7 heteroatoms. The quantitative estimate of drug-likeness (QED) is 0.836. The van der Waals surface area contributed by atoms with Gasteiger partial charge in [-0.3, -0.25) is 14.5 Å². The van der Waals surface area contributed by atoms with Crippen LogP contribution in [-0.2, 0) is 16.4 Å². The van der Waals surface area contributed by atoms with Gasteiger partial charge in [-0.05, 0) is 42.3 Å². The maximum Gasteiger partial charge on any atom is 0.261 e. The van der Waals surface area contributed by atoms with E-state index >= 15 is 0 Å². The first-order valence-corrected chi connectivity index (χ1v) is 8.49. The van der Waals surface area contributed by atoms with Gasteiger partial charge in [-0.1, -0.05) is 18.2 Å². The highest BCUT2D eigenvalue weighted by Gasteiger charge is 2.30. The molecule has 0 radical (unpaired) electrons. The van der Waals surface area contributed by atoms with Gasteiger partial charge in [-0.2, -0.15) is 0 Å². The summed E-state index contributed by atoms with van der Waals surface area (Å²) >= 11 is 0. The molecule has 1 heterocycles. The fourth-order valence-corrected chi connectivity index (χ4v) is 3.14. The van der Waals surface area contributed by atoms with E-state index in [9.17, 15) is 18.0 Å². The number of carbonyl (C=O) groups is 2. The molecule has 0 spiro atoms. The third-order valence-corrected chi connectivity index (χ3v) is 4.66. The molecule has 0 bridgehead atoms. The Hall–Kier alpha value is -2.51. The Morgan fingerprint density at radius 1 is 1.09 bits per heavy atom. The lowest BCUT2D eigenvalue weighted by atomic mass is 9.98. The second kappa shape index (κ2) is 5.60. The van der Waals surface area contributed by atoms with Crippen LogP contribution < -0.4 is 5.14 Å². The number of hydrogen-bond donors (Lipinski definition) is 1. The summed E-state index contributed by atoms with van der Waals surface area (Å²) in [5, 5.41) is 5.10. The van der Waals surface area contributed by atoms with Crippen LogP contribution in [0, 0.1) is 0 Å². The van der Waals surface area contributed by atoms with Crippen LogP contribution in [0.3, 0.4) is 0 Å². The van der Waals surface area contributed by atoms with Crippen LogP contribution in [0.25, 0.3) is 0 Å². The molecule has 6 nitrogen and oxygen atoms in total. The number of sulfonamides is 1. The summed E-state index contributed by atoms with van der Waals surface area (Å²) in [7, 11) is -3.82. The van der Waals surface area contributed by atoms with Crippen molar-refractivity contribution in [2.75, 3.05) is 6.54 Å². The van der Waals surface area contributed by atoms with Crippen LogP contribution in [0.5, 0.6) is 0 Å². The Kier molecular flexibility index (Phi) is 3.75. The Morgan fingerprint density at radius 2 is 1.78 bits per heavy atom. The van der Waals surface area contributed by atoms with E-state index in [1.807, 2.05) is 0 Å². The fraction of sp³-hybridized carbons (Fsp3) is 0.125. The summed E-state index contributed by atoms with van der Waals surface area (Å²) in [6.07, 6.45) is 0.392. The van der Waals surface area contributed by atoms with E-state index < -0.39 is 15.9 Å². The zero-order valence-corrected chi connectivity index (χ0v) is 12.9. The molecule has 118 valence electrons. The van der Waals surface area contributed by atoms with Gasteiger partial charge in [0.2, 0.25) is 10.0 Å². The van der Waals surface area contributed by atoms with Crippen molar-refractivity contribution in [1.82, 2.24) is 4.90 Å². The van der Waals surface area contributed by atoms with E-state index in [-0.39, 0.29) is 17.3 Å². The van der Waals surface area contributed by atoms with Crippen LogP contribution in [0.4, 0.5) is 0 Å². The number of fused-ring (bicyclic) bond motifs is 1. The fourth-order valence-electron chi connectivity index (χ4n) is 2.57. The predicted molar refractivity (Wildman–Crippen MR) is 83.3 cm³/mol. The molecule has 1 aliphatic rings. The molecule has 2 amide bonds. The van der Waals surface area contributed by atoms with Gasteiger partial charge >= 0.3 is 0 Å². The zero-order chi connectivity index (χ0) is 16.6. The topological polar surface area (TPSA) is 97.5 Å². The third kappa shape index (κ3) is 2.88. The lowest BCUT2D eigenvalue weighted by molar-refractivity contribution is 0.0604. The van der Waals surface area contributed by atoms with Gasteiger partial charge in [0.05, 0.1) is 4.90 Å². The largest absolute Gasteiger partial charge is 0.274 e. The average molecular weight is 330 g/mol. The maximum atomic E-state index is 12.5. The summed E-state index contributed by atoms with van der Waals surface area (Å²) in [6.45, 7) is 0.202. The summed E-state index contributed by atoms with van der Waals surface area (Å²) < 4.78 is 22.8. The smallest absolute Gasteiger partial charge is 0.261 e. The van der Waals surface area contributed by atoms with E-state index in [4.69, 9.17) is 5.14 Å². The van der Waals surface area contributed by atoms with Gasteiger partial charge < -0.3 is 0 Å². The van der Waals surface area contributed by atoms with E-state index in [1.54, 1.807) is 30.3 Å². The second-order valence-corrected chi connectivity index (χ2v) is 6.80. The zero-order valence-electron chi connectivity index (χ0n) is 12.1. The molecule has 0 fully saturated rings. The summed E-state index contributed by atoms with van der Waals surface area (Å²) in [6, 6.07) is 12.6. The Morgan fingerprint density at radius 3 is 2.43 bits per heavy atom. The minimum absolute atomic E-state index is 0.0353. The first-order chi connectivity index (χ1) is 10.9. The Bertz CT molecular complexity index is 892. The van der Waals surface area contributed by atoms with Gasteiger partial charge in [0.25, 0.3) is 11.8 Å². The third-order valence-electron chi connectivity index (χ3n) is 3.75. The van der Waals surface area contributed by atoms with E-state index in [1.165, 1.54) is 23.1 Å². The molecule has 23 heavy (non-hydrogen) atoms. The van der Waals surface area contributed by atoms with Crippen molar-refractivity contribution in [3.05, 3.63) is 65.2 Å². The van der Waals surface area contributed by atoms with Crippen molar-refractivity contribution in [2.24, 2.45) is 5.14 Å². The van der Waals surface area contributed by atoms with Crippen molar-refractivity contribution in [3.63, 3.8) is 0 Å². The number of benzene rings is 2. The number of rotatable bonds is 2. The average Bonchev–Trinajstić information content (AvgIpc) is 2.54. The Balaban J connectivity index is 1.94. The van der Waals surface area contributed by atoms with Gasteiger partial charge in [0.15, 0.2) is 0 Å². The molecule has 2 aromatic rings. The van der Waals surface area contributed by atoms with E-state index in [0.29, 0.717) is 23.1 Å². The number of imide groups is 1. The van der Waals surface area contributed by atoms with E-state index in [0.717, 1.165) is 0 Å². The van der Waals surface area contributed by atoms with Crippen LogP contribution >= 0.6 is 0 Å². The summed E-state index contributed by atoms with van der Waals surface area (Å²) in [4.78, 5) is 26.1. The molecule has 0 aromatic heterocycles. The molecule has 1 aliphatic heterocycles. The van der Waals surface area contributed by atoms with Crippen molar-refractivity contribution < 1.29 is 18.0 Å². The van der Waals surface area contributed by atoms with Crippen LogP contribution in [0.1, 0.15) is 26.3 Å². The minimum atomic E-state index is -3.82. The number of primary sulfonamides is 1. The second-order valence-electron chi connectivity index (χ2n) is 5.24. The van der Waals surface area contributed by atoms with Crippen LogP contribution in [0.15, 0.2) is 53.4 Å². The molecular formula is C16H14N2O4S. The van der Waals surface area contributed by atoms with Crippen molar-refractivity contribution in [1.29, 1.82) is 0 Å². The predicted octanol–water partition coefficient (Wildman–Crippen LogP) is 1.17. The molecule has 0 unspecified atom stereocenters. The monoisotopic (exact) mass is 330 g/mol. The first-order valence-electron chi connectivity index (χ1n) is 6.95. The van der Waals surface area contributed by atoms with Crippen molar-refractivity contribution in [2.45, 2.75) is 11.3 Å². The van der Waals surface area contributed by atoms with Crippen LogP contribution in [-0.4, -0.2) is 31.7 Å². The highest BCUT2D eigenvalue weighted by Crippen LogP contribution is 2.23. The highest BCUT2D eigenvalue weighted by atomic mass is 32.2. The molecule has 0 saturated heterocycles. The molecule has 0 aliphatic carbocycles. The normalized spacial score (nSPS) is 14.5. The lowest BCUT2D eigenvalue weighted by Crippen LogP contribution is -2.42. The lowest BCUT2D eigenvalue weighted by Gasteiger charge is -2.27. The van der Waals surface area contributed by atoms with Gasteiger partial charge in [0, 0.05) is 17.7 Å². The van der Waals surface area contributed by atoms with E-state index in [2.05, 4.69) is 0 Å². The van der Waals surface area contributed by atoms with Gasteiger partial charge in [-0.25, -0.2) is 13.6 Å². The van der Waals surface area contributed by atoms with Gasteiger partial charge in [-0.15, -0.1) is 0 Å². The SMILES string of the molecule is NS(=O)(=O)c1ccc2c(c1)CCN(C(=O)c1ccccc1)C2=O. The standard InChI is InChI=1S/C16H14N2O4S/c17-23(21,22)13-6-7-14-12(10-13)8-9-18(16(14)20)15(19)11-4-2-1-3-5-11/h1-7,10H,8-9H2,(H2,17,21,22). The maximum absolute atomic E-state index is 12.5. The molecule has 0 saturated carbocycles. The number of nitrogens with zero attached hydrogens (tertiary/aromatic N) is 1.